The molecule has 0 unspecified atom stereocenters. The highest BCUT2D eigenvalue weighted by Gasteiger charge is 2.15. The van der Waals surface area contributed by atoms with Crippen LogP contribution in [0, 0.1) is 13.8 Å². The number of nitrogens with two attached hydrogens (primary N) is 1. The van der Waals surface area contributed by atoms with E-state index in [1.165, 1.54) is 6.20 Å². The molecule has 1 aromatic carbocycles. The van der Waals surface area contributed by atoms with Crippen LogP contribution in [0.15, 0.2) is 30.5 Å². The van der Waals surface area contributed by atoms with Gasteiger partial charge < -0.3 is 15.8 Å². The summed E-state index contributed by atoms with van der Waals surface area (Å²) in [6.45, 7) is 6.06. The number of benzene rings is 1. The van der Waals surface area contributed by atoms with Gasteiger partial charge in [-0.05, 0) is 44.0 Å². The first-order valence-electron chi connectivity index (χ1n) is 6.78. The Labute approximate surface area is 124 Å². The number of aryl methyl sites for hydroxylation is 2. The Morgan fingerprint density at radius 2 is 2.10 bits per heavy atom. The van der Waals surface area contributed by atoms with Crippen molar-refractivity contribution >= 4 is 23.2 Å². The first-order chi connectivity index (χ1) is 10.0. The van der Waals surface area contributed by atoms with E-state index in [-0.39, 0.29) is 0 Å². The standard InChI is InChI=1S/C16H19N3O2/c1-4-21-16(20)13-8-12(17)9-18-15(13)19-14-7-10(2)5-6-11(14)3/h5-9H,4,17H2,1-3H3,(H,18,19). The number of nitrogens with zero attached hydrogens (tertiary/aromatic N) is 1. The molecule has 0 aliphatic rings. The Morgan fingerprint density at radius 3 is 2.81 bits per heavy atom. The van der Waals surface area contributed by atoms with Crippen molar-refractivity contribution in [3.63, 3.8) is 0 Å². The number of carbonyl (C=O) groups excluding carboxylic acids is 1. The Balaban J connectivity index is 2.39. The van der Waals surface area contributed by atoms with E-state index >= 15 is 0 Å². The molecule has 1 aromatic heterocycles. The quantitative estimate of drug-likeness (QED) is 0.843. The number of anilines is 3. The van der Waals surface area contributed by atoms with Crippen molar-refractivity contribution in [2.75, 3.05) is 17.7 Å². The van der Waals surface area contributed by atoms with Crippen molar-refractivity contribution in [1.29, 1.82) is 0 Å². The van der Waals surface area contributed by atoms with Gasteiger partial charge in [-0.3, -0.25) is 0 Å². The Kier molecular flexibility index (Phi) is 4.42. The van der Waals surface area contributed by atoms with E-state index in [1.807, 2.05) is 32.0 Å². The van der Waals surface area contributed by atoms with Crippen LogP contribution in [0.3, 0.4) is 0 Å². The van der Waals surface area contributed by atoms with Gasteiger partial charge in [0.25, 0.3) is 0 Å². The number of rotatable bonds is 4. The number of ether oxygens (including phenoxy) is 1. The van der Waals surface area contributed by atoms with E-state index in [0.29, 0.717) is 23.7 Å². The van der Waals surface area contributed by atoms with E-state index in [9.17, 15) is 4.79 Å². The van der Waals surface area contributed by atoms with Gasteiger partial charge in [-0.25, -0.2) is 9.78 Å². The van der Waals surface area contributed by atoms with Crippen molar-refractivity contribution in [2.24, 2.45) is 0 Å². The number of hydrogen-bond acceptors (Lipinski definition) is 5. The molecule has 110 valence electrons. The fourth-order valence-electron chi connectivity index (χ4n) is 1.94. The number of pyridine rings is 1. The van der Waals surface area contributed by atoms with E-state index < -0.39 is 5.97 Å². The highest BCUT2D eigenvalue weighted by molar-refractivity contribution is 5.96. The molecule has 1 heterocycles. The Hall–Kier alpha value is -2.56. The molecule has 0 radical (unpaired) electrons. The number of nitrogen functional groups attached to an aromatic ring is 1. The van der Waals surface area contributed by atoms with Crippen molar-refractivity contribution in [3.8, 4) is 0 Å². The Morgan fingerprint density at radius 1 is 1.33 bits per heavy atom. The first-order valence-corrected chi connectivity index (χ1v) is 6.78. The van der Waals surface area contributed by atoms with Gasteiger partial charge in [0.05, 0.1) is 18.5 Å². The average Bonchev–Trinajstić information content (AvgIpc) is 2.45. The zero-order valence-corrected chi connectivity index (χ0v) is 12.4. The zero-order valence-electron chi connectivity index (χ0n) is 12.4. The summed E-state index contributed by atoms with van der Waals surface area (Å²) in [5, 5.41) is 3.18. The van der Waals surface area contributed by atoms with Crippen molar-refractivity contribution < 1.29 is 9.53 Å². The summed E-state index contributed by atoms with van der Waals surface area (Å²) in [5.74, 6) is 0.00135. The second kappa shape index (κ2) is 6.26. The van der Waals surface area contributed by atoms with Crippen LogP contribution < -0.4 is 11.1 Å². The first kappa shape index (κ1) is 14.8. The lowest BCUT2D eigenvalue weighted by atomic mass is 10.1. The molecule has 5 nitrogen and oxygen atoms in total. The fraction of sp³-hybridized carbons (Fsp3) is 0.250. The van der Waals surface area contributed by atoms with Gasteiger partial charge in [-0.1, -0.05) is 12.1 Å². The largest absolute Gasteiger partial charge is 0.462 e. The second-order valence-electron chi connectivity index (χ2n) is 4.83. The van der Waals surface area contributed by atoms with Gasteiger partial charge in [-0.15, -0.1) is 0 Å². The van der Waals surface area contributed by atoms with Crippen LogP contribution in [-0.4, -0.2) is 17.6 Å². The highest BCUT2D eigenvalue weighted by atomic mass is 16.5. The predicted molar refractivity (Wildman–Crippen MR) is 83.8 cm³/mol. The molecule has 21 heavy (non-hydrogen) atoms. The fourth-order valence-corrected chi connectivity index (χ4v) is 1.94. The van der Waals surface area contributed by atoms with Crippen LogP contribution in [0.2, 0.25) is 0 Å². The van der Waals surface area contributed by atoms with Crippen LogP contribution in [-0.2, 0) is 4.74 Å². The van der Waals surface area contributed by atoms with E-state index in [4.69, 9.17) is 10.5 Å². The lowest BCUT2D eigenvalue weighted by Crippen LogP contribution is -2.10. The van der Waals surface area contributed by atoms with Crippen molar-refractivity contribution in [3.05, 3.63) is 47.2 Å². The summed E-state index contributed by atoms with van der Waals surface area (Å²) in [6, 6.07) is 7.61. The zero-order chi connectivity index (χ0) is 15.4. The van der Waals surface area contributed by atoms with E-state index in [0.717, 1.165) is 16.8 Å². The molecule has 0 aliphatic heterocycles. The maximum atomic E-state index is 12.0. The second-order valence-corrected chi connectivity index (χ2v) is 4.83. The van der Waals surface area contributed by atoms with Gasteiger partial charge in [-0.2, -0.15) is 0 Å². The molecule has 2 aromatic rings. The molecular formula is C16H19N3O2. The van der Waals surface area contributed by atoms with Crippen LogP contribution in [0.1, 0.15) is 28.4 Å². The summed E-state index contributed by atoms with van der Waals surface area (Å²) in [5.41, 5.74) is 9.55. The molecule has 2 rings (SSSR count). The van der Waals surface area contributed by atoms with Crippen LogP contribution in [0.5, 0.6) is 0 Å². The number of nitrogens with one attached hydrogen (secondary N) is 1. The van der Waals surface area contributed by atoms with Crippen LogP contribution >= 0.6 is 0 Å². The third-order valence-corrected chi connectivity index (χ3v) is 3.05. The predicted octanol–water partition coefficient (Wildman–Crippen LogP) is 3.20. The smallest absolute Gasteiger partial charge is 0.341 e. The van der Waals surface area contributed by atoms with Gasteiger partial charge in [0.15, 0.2) is 0 Å². The van der Waals surface area contributed by atoms with Gasteiger partial charge >= 0.3 is 5.97 Å². The van der Waals surface area contributed by atoms with Crippen LogP contribution in [0.4, 0.5) is 17.2 Å². The summed E-state index contributed by atoms with van der Waals surface area (Å²) >= 11 is 0. The monoisotopic (exact) mass is 285 g/mol. The Bertz CT molecular complexity index is 669. The lowest BCUT2D eigenvalue weighted by molar-refractivity contribution is 0.0527. The molecule has 0 saturated heterocycles. The molecule has 3 N–H and O–H groups in total. The minimum atomic E-state index is -0.440. The molecule has 0 fully saturated rings. The SMILES string of the molecule is CCOC(=O)c1cc(N)cnc1Nc1cc(C)ccc1C. The molecule has 0 saturated carbocycles. The average molecular weight is 285 g/mol. The molecule has 0 aliphatic carbocycles. The maximum absolute atomic E-state index is 12.0. The van der Waals surface area contributed by atoms with Gasteiger partial charge in [0.2, 0.25) is 0 Å². The number of hydrogen-bond donors (Lipinski definition) is 2. The lowest BCUT2D eigenvalue weighted by Gasteiger charge is -2.13. The summed E-state index contributed by atoms with van der Waals surface area (Å²) in [7, 11) is 0. The third kappa shape index (κ3) is 3.51. The van der Waals surface area contributed by atoms with E-state index in [2.05, 4.69) is 10.3 Å². The molecule has 0 spiro atoms. The third-order valence-electron chi connectivity index (χ3n) is 3.05. The molecule has 0 atom stereocenters. The molecule has 5 heteroatoms. The van der Waals surface area contributed by atoms with Crippen molar-refractivity contribution in [1.82, 2.24) is 4.98 Å². The maximum Gasteiger partial charge on any atom is 0.341 e. The highest BCUT2D eigenvalue weighted by Crippen LogP contribution is 2.24. The van der Waals surface area contributed by atoms with Crippen molar-refractivity contribution in [2.45, 2.75) is 20.8 Å². The summed E-state index contributed by atoms with van der Waals surface area (Å²) < 4.78 is 5.04. The van der Waals surface area contributed by atoms with E-state index in [1.54, 1.807) is 13.0 Å². The number of esters is 1. The van der Waals surface area contributed by atoms with Gasteiger partial charge in [0.1, 0.15) is 11.4 Å². The minimum Gasteiger partial charge on any atom is -0.462 e. The molecular weight excluding hydrogens is 266 g/mol. The topological polar surface area (TPSA) is 77.2 Å². The molecule has 0 amide bonds. The summed E-state index contributed by atoms with van der Waals surface area (Å²) in [6.07, 6.45) is 1.51. The van der Waals surface area contributed by atoms with Crippen LogP contribution in [0.25, 0.3) is 0 Å². The minimum absolute atomic E-state index is 0.302. The summed E-state index contributed by atoms with van der Waals surface area (Å²) in [4.78, 5) is 16.2. The van der Waals surface area contributed by atoms with Gasteiger partial charge in [0, 0.05) is 5.69 Å². The molecule has 0 bridgehead atoms. The number of carbonyl (C=O) groups is 1. The number of aromatic nitrogens is 1. The normalized spacial score (nSPS) is 10.2.